The minimum absolute atomic E-state index is 0.723. The summed E-state index contributed by atoms with van der Waals surface area (Å²) < 4.78 is 0. The molecule has 0 heterocycles. The predicted molar refractivity (Wildman–Crippen MR) is 62.0 cm³/mol. The number of allylic oxidation sites excluding steroid dienone is 2. The van der Waals surface area contributed by atoms with Gasteiger partial charge in [0.15, 0.2) is 0 Å². The van der Waals surface area contributed by atoms with Crippen LogP contribution in [0.15, 0.2) is 11.6 Å². The molecule has 0 N–H and O–H groups in total. The first-order valence-electron chi connectivity index (χ1n) is 5.90. The Morgan fingerprint density at radius 2 is 1.77 bits per heavy atom. The van der Waals surface area contributed by atoms with Gasteiger partial charge in [0, 0.05) is 0 Å². The third kappa shape index (κ3) is 8.08. The molecule has 0 spiro atoms. The molecule has 0 aromatic heterocycles. The number of hydrogen-bond donors (Lipinski definition) is 0. The highest BCUT2D eigenvalue weighted by molar-refractivity contribution is 5.02. The molecule has 0 bridgehead atoms. The fourth-order valence-electron chi connectivity index (χ4n) is 1.63. The van der Waals surface area contributed by atoms with E-state index in [1.165, 1.54) is 38.5 Å². The van der Waals surface area contributed by atoms with Gasteiger partial charge in [-0.1, -0.05) is 58.6 Å². The molecule has 0 aliphatic rings. The minimum Gasteiger partial charge on any atom is -0.0828 e. The van der Waals surface area contributed by atoms with Crippen molar-refractivity contribution < 1.29 is 0 Å². The van der Waals surface area contributed by atoms with E-state index in [0.717, 1.165) is 5.92 Å². The van der Waals surface area contributed by atoms with Crippen LogP contribution in [-0.4, -0.2) is 0 Å². The van der Waals surface area contributed by atoms with Crippen molar-refractivity contribution in [3.05, 3.63) is 11.6 Å². The highest BCUT2D eigenvalue weighted by Crippen LogP contribution is 2.15. The predicted octanol–water partition coefficient (Wildman–Crippen LogP) is 4.95. The second kappa shape index (κ2) is 8.34. The van der Waals surface area contributed by atoms with Gasteiger partial charge in [0.1, 0.15) is 0 Å². The lowest BCUT2D eigenvalue weighted by Crippen LogP contribution is -1.88. The van der Waals surface area contributed by atoms with E-state index in [-0.39, 0.29) is 0 Å². The summed E-state index contributed by atoms with van der Waals surface area (Å²) in [5.74, 6) is 0.723. The topological polar surface area (TPSA) is 0 Å². The average Bonchev–Trinajstić information content (AvgIpc) is 2.09. The molecule has 0 fully saturated rings. The average molecular weight is 182 g/mol. The summed E-state index contributed by atoms with van der Waals surface area (Å²) in [5, 5.41) is 0. The van der Waals surface area contributed by atoms with Gasteiger partial charge in [-0.15, -0.1) is 0 Å². The minimum atomic E-state index is 0.723. The van der Waals surface area contributed by atoms with Gasteiger partial charge in [0.25, 0.3) is 0 Å². The molecule has 0 radical (unpaired) electrons. The Morgan fingerprint density at radius 1 is 1.08 bits per heavy atom. The van der Waals surface area contributed by atoms with Crippen LogP contribution in [0.5, 0.6) is 0 Å². The molecule has 0 saturated carbocycles. The Morgan fingerprint density at radius 3 is 2.23 bits per heavy atom. The fraction of sp³-hybridized carbons (Fsp3) is 0.846. The van der Waals surface area contributed by atoms with Crippen molar-refractivity contribution in [2.24, 2.45) is 5.92 Å². The van der Waals surface area contributed by atoms with Crippen LogP contribution in [0.4, 0.5) is 0 Å². The lowest BCUT2D eigenvalue weighted by Gasteiger charge is -2.06. The van der Waals surface area contributed by atoms with Gasteiger partial charge in [0.05, 0.1) is 0 Å². The first-order valence-corrected chi connectivity index (χ1v) is 5.90. The van der Waals surface area contributed by atoms with E-state index in [9.17, 15) is 0 Å². The molecule has 0 saturated heterocycles. The lowest BCUT2D eigenvalue weighted by atomic mass is 10.0. The summed E-state index contributed by atoms with van der Waals surface area (Å²) in [5.41, 5.74) is 1.66. The van der Waals surface area contributed by atoms with Gasteiger partial charge in [-0.3, -0.25) is 0 Å². The van der Waals surface area contributed by atoms with Crippen molar-refractivity contribution in [1.82, 2.24) is 0 Å². The monoisotopic (exact) mass is 182 g/mol. The third-order valence-electron chi connectivity index (χ3n) is 2.37. The Hall–Kier alpha value is -0.260. The summed E-state index contributed by atoms with van der Waals surface area (Å²) in [6.07, 6.45) is 10.5. The maximum Gasteiger partial charge on any atom is -0.0288 e. The van der Waals surface area contributed by atoms with E-state index >= 15 is 0 Å². The van der Waals surface area contributed by atoms with Crippen LogP contribution < -0.4 is 0 Å². The molecule has 0 unspecified atom stereocenters. The Labute approximate surface area is 84.4 Å². The zero-order chi connectivity index (χ0) is 10.1. The van der Waals surface area contributed by atoms with E-state index in [1.54, 1.807) is 5.57 Å². The van der Waals surface area contributed by atoms with E-state index in [2.05, 4.69) is 33.8 Å². The van der Waals surface area contributed by atoms with Gasteiger partial charge in [0.2, 0.25) is 0 Å². The molecule has 0 atom stereocenters. The molecule has 0 aromatic carbocycles. The van der Waals surface area contributed by atoms with Gasteiger partial charge in [-0.25, -0.2) is 0 Å². The maximum atomic E-state index is 2.44. The second-order valence-electron chi connectivity index (χ2n) is 4.23. The van der Waals surface area contributed by atoms with Crippen LogP contribution in [-0.2, 0) is 0 Å². The van der Waals surface area contributed by atoms with Crippen LogP contribution in [0.25, 0.3) is 0 Å². The molecular formula is C13H26. The van der Waals surface area contributed by atoms with E-state index in [4.69, 9.17) is 0 Å². The smallest absolute Gasteiger partial charge is 0.0288 e. The SMILES string of the molecule is CCCCCC/C(=C/C(C)C)CC. The van der Waals surface area contributed by atoms with Crippen molar-refractivity contribution in [2.45, 2.75) is 66.2 Å². The van der Waals surface area contributed by atoms with Crippen LogP contribution in [0.2, 0.25) is 0 Å². The van der Waals surface area contributed by atoms with Crippen LogP contribution >= 0.6 is 0 Å². The first kappa shape index (κ1) is 12.7. The summed E-state index contributed by atoms with van der Waals surface area (Å²) in [7, 11) is 0. The van der Waals surface area contributed by atoms with E-state index in [1.807, 2.05) is 0 Å². The van der Waals surface area contributed by atoms with Gasteiger partial charge in [-0.05, 0) is 25.2 Å². The van der Waals surface area contributed by atoms with Crippen LogP contribution in [0, 0.1) is 5.92 Å². The van der Waals surface area contributed by atoms with Crippen molar-refractivity contribution in [2.75, 3.05) is 0 Å². The number of rotatable bonds is 7. The summed E-state index contributed by atoms with van der Waals surface area (Å²) in [6.45, 7) is 9.07. The third-order valence-corrected chi connectivity index (χ3v) is 2.37. The Kier molecular flexibility index (Phi) is 8.18. The van der Waals surface area contributed by atoms with Gasteiger partial charge >= 0.3 is 0 Å². The lowest BCUT2D eigenvalue weighted by molar-refractivity contribution is 0.652. The van der Waals surface area contributed by atoms with E-state index < -0.39 is 0 Å². The Bertz CT molecular complexity index is 131. The van der Waals surface area contributed by atoms with Crippen molar-refractivity contribution in [1.29, 1.82) is 0 Å². The van der Waals surface area contributed by atoms with Crippen LogP contribution in [0.3, 0.4) is 0 Å². The molecule has 0 heteroatoms. The molecule has 0 amide bonds. The number of hydrogen-bond acceptors (Lipinski definition) is 0. The van der Waals surface area contributed by atoms with Gasteiger partial charge in [-0.2, -0.15) is 0 Å². The molecule has 78 valence electrons. The Balaban J connectivity index is 3.60. The van der Waals surface area contributed by atoms with Crippen molar-refractivity contribution in [3.63, 3.8) is 0 Å². The largest absolute Gasteiger partial charge is 0.0828 e. The first-order chi connectivity index (χ1) is 6.20. The maximum absolute atomic E-state index is 2.44. The molecular weight excluding hydrogens is 156 g/mol. The summed E-state index contributed by atoms with van der Waals surface area (Å²) >= 11 is 0. The standard InChI is InChI=1S/C13H26/c1-5-7-8-9-10-13(6-2)11-12(3)4/h11-12H,5-10H2,1-4H3/b13-11+. The fourth-order valence-corrected chi connectivity index (χ4v) is 1.63. The summed E-state index contributed by atoms with van der Waals surface area (Å²) in [4.78, 5) is 0. The normalized spacial score (nSPS) is 12.5. The molecule has 0 aliphatic carbocycles. The zero-order valence-corrected chi connectivity index (χ0v) is 9.90. The van der Waals surface area contributed by atoms with Gasteiger partial charge < -0.3 is 0 Å². The quantitative estimate of drug-likeness (QED) is 0.386. The molecule has 13 heavy (non-hydrogen) atoms. The second-order valence-corrected chi connectivity index (χ2v) is 4.23. The van der Waals surface area contributed by atoms with Crippen molar-refractivity contribution >= 4 is 0 Å². The highest BCUT2D eigenvalue weighted by atomic mass is 14.0. The zero-order valence-electron chi connectivity index (χ0n) is 9.90. The highest BCUT2D eigenvalue weighted by Gasteiger charge is 1.96. The van der Waals surface area contributed by atoms with E-state index in [0.29, 0.717) is 0 Å². The van der Waals surface area contributed by atoms with Crippen LogP contribution in [0.1, 0.15) is 66.2 Å². The molecule has 0 aromatic rings. The van der Waals surface area contributed by atoms with Crippen molar-refractivity contribution in [3.8, 4) is 0 Å². The summed E-state index contributed by atoms with van der Waals surface area (Å²) in [6, 6.07) is 0. The molecule has 0 rings (SSSR count). The molecule has 0 nitrogen and oxygen atoms in total. The number of unbranched alkanes of at least 4 members (excludes halogenated alkanes) is 3. The molecule has 0 aliphatic heterocycles.